The van der Waals surface area contributed by atoms with Crippen LogP contribution in [0.1, 0.15) is 36.3 Å². The molecule has 0 bridgehead atoms. The van der Waals surface area contributed by atoms with Crippen molar-refractivity contribution in [1.29, 1.82) is 0 Å². The van der Waals surface area contributed by atoms with E-state index in [1.165, 1.54) is 0 Å². The molecule has 1 aromatic heterocycles. The molecule has 0 aromatic carbocycles. The molecule has 3 heteroatoms. The van der Waals surface area contributed by atoms with Gasteiger partial charge in [0.2, 0.25) is 0 Å². The largest absolute Gasteiger partial charge is 0.300 e. The summed E-state index contributed by atoms with van der Waals surface area (Å²) in [6.45, 7) is 7.11. The summed E-state index contributed by atoms with van der Waals surface area (Å²) in [5.74, 6) is 2.78. The molecule has 82 valence electrons. The average Bonchev–Trinajstić information content (AvgIpc) is 2.45. The Morgan fingerprint density at radius 2 is 2.20 bits per heavy atom. The van der Waals surface area contributed by atoms with Crippen LogP contribution in [0.15, 0.2) is 0 Å². The van der Waals surface area contributed by atoms with E-state index in [9.17, 15) is 0 Å². The highest BCUT2D eigenvalue weighted by molar-refractivity contribution is 5.33. The van der Waals surface area contributed by atoms with Crippen LogP contribution in [0.2, 0.25) is 0 Å². The van der Waals surface area contributed by atoms with Crippen LogP contribution in [0, 0.1) is 26.2 Å². The molecule has 0 aliphatic heterocycles. The topological polar surface area (TPSA) is 29.9 Å². The van der Waals surface area contributed by atoms with Crippen molar-refractivity contribution in [3.63, 3.8) is 0 Å². The van der Waals surface area contributed by atoms with Gasteiger partial charge in [-0.1, -0.05) is 12.8 Å². The van der Waals surface area contributed by atoms with Crippen LogP contribution < -0.4 is 5.32 Å². The van der Waals surface area contributed by atoms with Gasteiger partial charge < -0.3 is 0 Å². The van der Waals surface area contributed by atoms with Crippen molar-refractivity contribution in [2.75, 3.05) is 6.54 Å². The Morgan fingerprint density at radius 3 is 2.60 bits per heavy atom. The minimum Gasteiger partial charge on any atom is -0.300 e. The van der Waals surface area contributed by atoms with E-state index in [2.05, 4.69) is 23.3 Å². The number of hydrogen-bond acceptors (Lipinski definition) is 2. The van der Waals surface area contributed by atoms with Crippen molar-refractivity contribution in [2.24, 2.45) is 7.05 Å². The molecule has 0 aliphatic carbocycles. The molecule has 0 fully saturated rings. The molecule has 0 spiro atoms. The van der Waals surface area contributed by atoms with Crippen molar-refractivity contribution in [1.82, 2.24) is 15.1 Å². The predicted molar refractivity (Wildman–Crippen MR) is 62.5 cm³/mol. The maximum absolute atomic E-state index is 5.54. The van der Waals surface area contributed by atoms with E-state index in [4.69, 9.17) is 6.42 Å². The second kappa shape index (κ2) is 4.99. The Bertz CT molecular complexity index is 371. The van der Waals surface area contributed by atoms with Crippen molar-refractivity contribution in [2.45, 2.75) is 33.2 Å². The number of terminal acetylenes is 1. The van der Waals surface area contributed by atoms with E-state index in [1.807, 2.05) is 25.6 Å². The summed E-state index contributed by atoms with van der Waals surface area (Å²) in [6, 6.07) is -0.0151. The molecule has 0 saturated heterocycles. The molecule has 3 nitrogen and oxygen atoms in total. The quantitative estimate of drug-likeness (QED) is 0.758. The van der Waals surface area contributed by atoms with Gasteiger partial charge in [0.05, 0.1) is 11.7 Å². The lowest BCUT2D eigenvalue weighted by molar-refractivity contribution is 0.620. The smallest absolute Gasteiger partial charge is 0.0979 e. The van der Waals surface area contributed by atoms with Gasteiger partial charge in [0.25, 0.3) is 0 Å². The maximum atomic E-state index is 5.54. The molecule has 0 saturated carbocycles. The van der Waals surface area contributed by atoms with Crippen LogP contribution in [-0.2, 0) is 7.05 Å². The van der Waals surface area contributed by atoms with E-state index in [0.717, 1.165) is 29.9 Å². The van der Waals surface area contributed by atoms with Crippen LogP contribution in [-0.4, -0.2) is 16.3 Å². The van der Waals surface area contributed by atoms with Crippen LogP contribution >= 0.6 is 0 Å². The standard InChI is InChI=1S/C12H19N3/c1-6-8-13-11(7-2)12-9(3)14-15(5)10(12)4/h2,11,13H,6,8H2,1,3-5H3. The minimum atomic E-state index is -0.0151. The van der Waals surface area contributed by atoms with E-state index < -0.39 is 0 Å². The number of rotatable bonds is 4. The number of nitrogens with one attached hydrogen (secondary N) is 1. The van der Waals surface area contributed by atoms with Gasteiger partial charge in [0.1, 0.15) is 0 Å². The summed E-state index contributed by atoms with van der Waals surface area (Å²) in [7, 11) is 1.94. The van der Waals surface area contributed by atoms with Crippen LogP contribution in [0.5, 0.6) is 0 Å². The van der Waals surface area contributed by atoms with Crippen LogP contribution in [0.3, 0.4) is 0 Å². The van der Waals surface area contributed by atoms with Crippen molar-refractivity contribution < 1.29 is 0 Å². The average molecular weight is 205 g/mol. The summed E-state index contributed by atoms with van der Waals surface area (Å²) in [4.78, 5) is 0. The highest BCUT2D eigenvalue weighted by atomic mass is 15.3. The zero-order chi connectivity index (χ0) is 11.4. The van der Waals surface area contributed by atoms with Crippen molar-refractivity contribution >= 4 is 0 Å². The van der Waals surface area contributed by atoms with Gasteiger partial charge in [-0.3, -0.25) is 10.00 Å². The molecule has 0 amide bonds. The first kappa shape index (κ1) is 11.8. The first-order valence-corrected chi connectivity index (χ1v) is 5.31. The summed E-state index contributed by atoms with van der Waals surface area (Å²) >= 11 is 0. The zero-order valence-corrected chi connectivity index (χ0v) is 9.96. The Hall–Kier alpha value is -1.27. The Kier molecular flexibility index (Phi) is 3.93. The second-order valence-electron chi connectivity index (χ2n) is 3.76. The summed E-state index contributed by atoms with van der Waals surface area (Å²) in [5.41, 5.74) is 3.30. The number of hydrogen-bond donors (Lipinski definition) is 1. The first-order valence-electron chi connectivity index (χ1n) is 5.31. The van der Waals surface area contributed by atoms with Gasteiger partial charge in [0.15, 0.2) is 0 Å². The molecule has 15 heavy (non-hydrogen) atoms. The molecule has 1 unspecified atom stereocenters. The lowest BCUT2D eigenvalue weighted by Gasteiger charge is -2.12. The summed E-state index contributed by atoms with van der Waals surface area (Å²) in [5, 5.41) is 7.71. The molecule has 0 radical (unpaired) electrons. The normalized spacial score (nSPS) is 12.5. The fourth-order valence-electron chi connectivity index (χ4n) is 1.74. The minimum absolute atomic E-state index is 0.0151. The van der Waals surface area contributed by atoms with Gasteiger partial charge in [0, 0.05) is 18.3 Å². The summed E-state index contributed by atoms with van der Waals surface area (Å²) < 4.78 is 1.88. The van der Waals surface area contributed by atoms with E-state index in [0.29, 0.717) is 0 Å². The second-order valence-corrected chi connectivity index (χ2v) is 3.76. The van der Waals surface area contributed by atoms with Gasteiger partial charge in [-0.25, -0.2) is 0 Å². The predicted octanol–water partition coefficient (Wildman–Crippen LogP) is 1.71. The third-order valence-electron chi connectivity index (χ3n) is 2.62. The van der Waals surface area contributed by atoms with Gasteiger partial charge in [-0.15, -0.1) is 6.42 Å². The van der Waals surface area contributed by atoms with Crippen LogP contribution in [0.25, 0.3) is 0 Å². The molecule has 1 aromatic rings. The highest BCUT2D eigenvalue weighted by Gasteiger charge is 2.17. The van der Waals surface area contributed by atoms with Crippen molar-refractivity contribution in [3.8, 4) is 12.3 Å². The lowest BCUT2D eigenvalue weighted by atomic mass is 10.1. The Balaban J connectivity index is 2.97. The van der Waals surface area contributed by atoms with Crippen molar-refractivity contribution in [3.05, 3.63) is 17.0 Å². The number of aromatic nitrogens is 2. The van der Waals surface area contributed by atoms with Gasteiger partial charge in [-0.2, -0.15) is 5.10 Å². The van der Waals surface area contributed by atoms with Gasteiger partial charge >= 0.3 is 0 Å². The maximum Gasteiger partial charge on any atom is 0.0979 e. The lowest BCUT2D eigenvalue weighted by Crippen LogP contribution is -2.21. The first-order chi connectivity index (χ1) is 7.11. The molecule has 1 rings (SSSR count). The molecule has 1 heterocycles. The summed E-state index contributed by atoms with van der Waals surface area (Å²) in [6.07, 6.45) is 6.62. The molecule has 0 aliphatic rings. The third kappa shape index (κ3) is 2.40. The Morgan fingerprint density at radius 1 is 1.53 bits per heavy atom. The van der Waals surface area contributed by atoms with Gasteiger partial charge in [-0.05, 0) is 26.8 Å². The monoisotopic (exact) mass is 205 g/mol. The van der Waals surface area contributed by atoms with E-state index in [-0.39, 0.29) is 6.04 Å². The molecule has 1 atom stereocenters. The Labute approximate surface area is 91.9 Å². The zero-order valence-electron chi connectivity index (χ0n) is 9.96. The SMILES string of the molecule is C#CC(NCCC)c1c(C)nn(C)c1C. The molecular formula is C12H19N3. The fraction of sp³-hybridized carbons (Fsp3) is 0.583. The number of nitrogens with zero attached hydrogens (tertiary/aromatic N) is 2. The van der Waals surface area contributed by atoms with Crippen LogP contribution in [0.4, 0.5) is 0 Å². The molecule has 1 N–H and O–H groups in total. The molecular weight excluding hydrogens is 186 g/mol. The van der Waals surface area contributed by atoms with E-state index >= 15 is 0 Å². The number of aryl methyl sites for hydroxylation is 2. The highest BCUT2D eigenvalue weighted by Crippen LogP contribution is 2.20. The fourth-order valence-corrected chi connectivity index (χ4v) is 1.74. The third-order valence-corrected chi connectivity index (χ3v) is 2.62. The van der Waals surface area contributed by atoms with E-state index in [1.54, 1.807) is 0 Å².